The molecule has 23 nitrogen and oxygen atoms in total. The van der Waals surface area contributed by atoms with Crippen molar-refractivity contribution in [3.63, 3.8) is 0 Å². The molecule has 372 valence electrons. The van der Waals surface area contributed by atoms with E-state index in [2.05, 4.69) is 41.1 Å². The maximum atomic E-state index is 14.2. The molecular weight excluding hydrogens is 923 g/mol. The van der Waals surface area contributed by atoms with Crippen molar-refractivity contribution in [2.24, 2.45) is 11.5 Å². The van der Waals surface area contributed by atoms with Crippen LogP contribution >= 0.6 is 0 Å². The first kappa shape index (κ1) is 54.2. The molecule has 3 aromatic carbocycles. The Morgan fingerprint density at radius 3 is 1.93 bits per heavy atom. The number of primary amides is 1. The Hall–Kier alpha value is -7.41. The molecule has 0 unspecified atom stereocenters. The number of aromatic amines is 1. The number of carbonyl (C=O) groups is 8. The molecule has 0 saturated heterocycles. The first-order valence-electron chi connectivity index (χ1n) is 21.7. The van der Waals surface area contributed by atoms with E-state index in [0.29, 0.717) is 40.4 Å². The fourth-order valence-corrected chi connectivity index (χ4v) is 7.37. The lowest BCUT2D eigenvalue weighted by Gasteiger charge is -2.26. The molecule has 4 aromatic rings. The fourth-order valence-electron chi connectivity index (χ4n) is 7.02. The first-order valence-corrected chi connectivity index (χ1v) is 23.1. The van der Waals surface area contributed by atoms with Crippen molar-refractivity contribution < 1.29 is 65.7 Å². The zero-order valence-electron chi connectivity index (χ0n) is 37.7. The number of hydrogen-bond acceptors (Lipinski definition) is 13. The lowest BCUT2D eigenvalue weighted by molar-refractivity contribution is -0.141. The smallest absolute Gasteiger partial charge is 0.446 e. The lowest BCUT2D eigenvalue weighted by Crippen LogP contribution is -2.59. The van der Waals surface area contributed by atoms with Crippen LogP contribution in [0, 0.1) is 0 Å². The Morgan fingerprint density at radius 2 is 1.30 bits per heavy atom. The number of nitrogens with two attached hydrogens (primary N) is 2. The zero-order valence-corrected chi connectivity index (χ0v) is 38.5. The van der Waals surface area contributed by atoms with Crippen LogP contribution in [0.1, 0.15) is 56.2 Å². The second kappa shape index (κ2) is 25.6. The third-order valence-electron chi connectivity index (χ3n) is 10.6. The number of rotatable bonds is 27. The number of nitrogens with one attached hydrogen (secondary N) is 7. The molecule has 0 aliphatic heterocycles. The minimum absolute atomic E-state index is 0.0195. The minimum Gasteiger partial charge on any atom is -0.481 e. The maximum Gasteiger partial charge on any atom is 0.446 e. The SMILES string of the molecule is CCCC[C@@H](NC(=O)[C@H](Cc1c[nH]c2ccccc12)NC(=O)CNC(=O)[C@@H](NC(=O)[C@@H](N)Cc1ccc(OS(=O)(=O)O)cc1)[C@@H](C)O)C(=O)N[C@@H](CC(=O)O)C(=O)N[C@@H](Cc1ccccc1)C(N)=O. The summed E-state index contributed by atoms with van der Waals surface area (Å²) in [6.45, 7) is 2.26. The standard InChI is InChI=1S/C45H57N9O14S/c1-3-4-13-33(42(61)53-36(22-38(57)58)44(63)52-34(40(47)59)20-26-10-6-5-7-11-26)51-43(62)35(21-28-23-48-32-14-9-8-12-30(28)32)50-37(56)24-49-45(64)39(25(2)55)54-41(60)31(46)19-27-15-17-29(18-16-27)68-69(65,66)67/h5-12,14-18,23,25,31,33-36,39,48,55H,3-4,13,19-22,24,46H2,1-2H3,(H2,47,59)(H,49,64)(H,50,56)(H,51,62)(H,52,63)(H,53,61)(H,54,60)(H,57,58)(H,65,66,67)/t25-,31+,33-,34+,35+,36+,39+/m1/s1. The van der Waals surface area contributed by atoms with Crippen LogP contribution in [0.5, 0.6) is 5.75 Å². The van der Waals surface area contributed by atoms with Gasteiger partial charge in [0.25, 0.3) is 0 Å². The van der Waals surface area contributed by atoms with Crippen molar-refractivity contribution in [1.82, 2.24) is 36.9 Å². The molecule has 0 aliphatic rings. The van der Waals surface area contributed by atoms with Gasteiger partial charge in [-0.3, -0.25) is 42.9 Å². The van der Waals surface area contributed by atoms with Gasteiger partial charge in [-0.25, -0.2) is 0 Å². The van der Waals surface area contributed by atoms with E-state index in [1.54, 1.807) is 60.8 Å². The van der Waals surface area contributed by atoms with Crippen molar-refractivity contribution in [2.75, 3.05) is 6.54 Å². The summed E-state index contributed by atoms with van der Waals surface area (Å²) in [7, 11) is -4.77. The number of hydrogen-bond donors (Lipinski definition) is 12. The molecule has 14 N–H and O–H groups in total. The van der Waals surface area contributed by atoms with Crippen LogP contribution in [0.25, 0.3) is 10.9 Å². The highest BCUT2D eigenvalue weighted by atomic mass is 32.3. The highest BCUT2D eigenvalue weighted by molar-refractivity contribution is 7.81. The molecule has 69 heavy (non-hydrogen) atoms. The normalized spacial score (nSPS) is 14.3. The lowest BCUT2D eigenvalue weighted by atomic mass is 10.0. The summed E-state index contributed by atoms with van der Waals surface area (Å²) < 4.78 is 35.1. The number of fused-ring (bicyclic) bond motifs is 1. The number of aliphatic hydroxyl groups is 1. The Kier molecular flexibility index (Phi) is 20.1. The summed E-state index contributed by atoms with van der Waals surface area (Å²) in [5.41, 5.74) is 14.0. The number of H-pyrrole nitrogens is 1. The van der Waals surface area contributed by atoms with Gasteiger partial charge < -0.3 is 62.7 Å². The van der Waals surface area contributed by atoms with Gasteiger partial charge in [0.05, 0.1) is 25.1 Å². The van der Waals surface area contributed by atoms with E-state index in [4.69, 9.17) is 16.0 Å². The molecule has 0 spiro atoms. The summed E-state index contributed by atoms with van der Waals surface area (Å²) in [4.78, 5) is 109. The second-order valence-corrected chi connectivity index (χ2v) is 17.1. The van der Waals surface area contributed by atoms with E-state index in [9.17, 15) is 57.0 Å². The van der Waals surface area contributed by atoms with Gasteiger partial charge in [-0.1, -0.05) is 80.4 Å². The van der Waals surface area contributed by atoms with Gasteiger partial charge in [-0.2, -0.15) is 8.42 Å². The molecule has 0 bridgehead atoms. The van der Waals surface area contributed by atoms with Crippen LogP contribution < -0.4 is 47.6 Å². The van der Waals surface area contributed by atoms with Crippen LogP contribution in [0.15, 0.2) is 85.1 Å². The Labute approximate surface area is 396 Å². The third-order valence-corrected chi connectivity index (χ3v) is 11.0. The van der Waals surface area contributed by atoms with E-state index in [1.165, 1.54) is 31.2 Å². The number of aromatic nitrogens is 1. The topological polar surface area (TPSA) is 381 Å². The highest BCUT2D eigenvalue weighted by Crippen LogP contribution is 2.20. The van der Waals surface area contributed by atoms with E-state index >= 15 is 0 Å². The fraction of sp³-hybridized carbons (Fsp3) is 0.378. The van der Waals surface area contributed by atoms with E-state index < -0.39 is 113 Å². The first-order chi connectivity index (χ1) is 32.6. The number of carboxylic acids is 1. The number of para-hydroxylation sites is 1. The number of carbonyl (C=O) groups excluding carboxylic acids is 7. The minimum atomic E-state index is -4.77. The molecule has 24 heteroatoms. The van der Waals surface area contributed by atoms with Crippen LogP contribution in [-0.2, 0) is 68.0 Å². The van der Waals surface area contributed by atoms with Crippen molar-refractivity contribution >= 4 is 68.6 Å². The monoisotopic (exact) mass is 979 g/mol. The molecular formula is C45H57N9O14S. The molecule has 1 heterocycles. The number of amides is 7. The van der Waals surface area contributed by atoms with Crippen molar-refractivity contribution in [1.29, 1.82) is 0 Å². The Balaban J connectivity index is 1.47. The van der Waals surface area contributed by atoms with Gasteiger partial charge in [-0.05, 0) is 54.7 Å². The maximum absolute atomic E-state index is 14.2. The molecule has 0 aliphatic carbocycles. The number of carboxylic acid groups (broad SMARTS) is 1. The van der Waals surface area contributed by atoms with Gasteiger partial charge in [0, 0.05) is 29.9 Å². The molecule has 7 amide bonds. The molecule has 7 atom stereocenters. The van der Waals surface area contributed by atoms with Gasteiger partial charge in [-0.15, -0.1) is 0 Å². The summed E-state index contributed by atoms with van der Waals surface area (Å²) in [6.07, 6.45) is -0.0772. The van der Waals surface area contributed by atoms with Gasteiger partial charge in [0.1, 0.15) is 36.0 Å². The predicted molar refractivity (Wildman–Crippen MR) is 248 cm³/mol. The van der Waals surface area contributed by atoms with Crippen LogP contribution in [0.4, 0.5) is 0 Å². The molecule has 0 radical (unpaired) electrons. The summed E-state index contributed by atoms with van der Waals surface area (Å²) >= 11 is 0. The van der Waals surface area contributed by atoms with E-state index in [1.807, 2.05) is 6.92 Å². The van der Waals surface area contributed by atoms with E-state index in [0.717, 1.165) is 0 Å². The number of unbranched alkanes of at least 4 members (excludes halogenated alkanes) is 1. The summed E-state index contributed by atoms with van der Waals surface area (Å²) in [5.74, 6) is -8.15. The van der Waals surface area contributed by atoms with Crippen molar-refractivity contribution in [3.05, 3.63) is 102 Å². The van der Waals surface area contributed by atoms with Gasteiger partial charge in [0.15, 0.2) is 0 Å². The van der Waals surface area contributed by atoms with Crippen molar-refractivity contribution in [3.8, 4) is 5.75 Å². The molecule has 0 saturated carbocycles. The summed E-state index contributed by atoms with van der Waals surface area (Å²) in [6, 6.07) is 12.2. The molecule has 0 fully saturated rings. The Bertz CT molecular complexity index is 2560. The number of aliphatic carboxylic acids is 1. The van der Waals surface area contributed by atoms with Gasteiger partial charge in [0.2, 0.25) is 41.4 Å². The summed E-state index contributed by atoms with van der Waals surface area (Å²) in [5, 5.41) is 35.4. The largest absolute Gasteiger partial charge is 0.481 e. The van der Waals surface area contributed by atoms with Gasteiger partial charge >= 0.3 is 16.4 Å². The van der Waals surface area contributed by atoms with Crippen LogP contribution in [0.3, 0.4) is 0 Å². The van der Waals surface area contributed by atoms with E-state index in [-0.39, 0.29) is 31.4 Å². The molecule has 1 aromatic heterocycles. The average Bonchev–Trinajstić information content (AvgIpc) is 3.70. The average molecular weight is 980 g/mol. The van der Waals surface area contributed by atoms with Crippen LogP contribution in [0.2, 0.25) is 0 Å². The second-order valence-electron chi connectivity index (χ2n) is 16.1. The number of aliphatic hydroxyl groups excluding tert-OH is 1. The molecule has 4 rings (SSSR count). The predicted octanol–water partition coefficient (Wildman–Crippen LogP) is -1.22. The van der Waals surface area contributed by atoms with Crippen LogP contribution in [-0.4, -0.2) is 124 Å². The van der Waals surface area contributed by atoms with Crippen molar-refractivity contribution in [2.45, 2.75) is 101 Å². The quantitative estimate of drug-likeness (QED) is 0.0312. The third kappa shape index (κ3) is 17.6. The highest BCUT2D eigenvalue weighted by Gasteiger charge is 2.33. The number of benzene rings is 3. The Morgan fingerprint density at radius 1 is 0.710 bits per heavy atom. The zero-order chi connectivity index (χ0) is 50.8.